The highest BCUT2D eigenvalue weighted by Gasteiger charge is 2.52. The van der Waals surface area contributed by atoms with Crippen molar-refractivity contribution in [3.05, 3.63) is 0 Å². The van der Waals surface area contributed by atoms with E-state index in [9.17, 15) is 4.79 Å². The quantitative estimate of drug-likeness (QED) is 0.684. The lowest BCUT2D eigenvalue weighted by Crippen LogP contribution is -2.39. The van der Waals surface area contributed by atoms with Crippen LogP contribution in [0.25, 0.3) is 0 Å². The number of carbonyl (C=O) groups excluding carboxylic acids is 1. The smallest absolute Gasteiger partial charge is 0.225 e. The average molecular weight is 209 g/mol. The van der Waals surface area contributed by atoms with Gasteiger partial charge in [-0.3, -0.25) is 4.79 Å². The van der Waals surface area contributed by atoms with Gasteiger partial charge in [0.15, 0.2) is 0 Å². The van der Waals surface area contributed by atoms with E-state index in [0.29, 0.717) is 23.3 Å². The third-order valence-electron chi connectivity index (χ3n) is 4.40. The van der Waals surface area contributed by atoms with Gasteiger partial charge < -0.3 is 4.90 Å². The van der Waals surface area contributed by atoms with E-state index in [1.807, 2.05) is 0 Å². The van der Waals surface area contributed by atoms with Crippen molar-refractivity contribution in [2.75, 3.05) is 6.54 Å². The summed E-state index contributed by atoms with van der Waals surface area (Å²) in [6.45, 7) is 9.58. The molecule has 0 aromatic carbocycles. The van der Waals surface area contributed by atoms with E-state index in [1.165, 1.54) is 19.3 Å². The van der Waals surface area contributed by atoms with Gasteiger partial charge >= 0.3 is 0 Å². The molecular formula is C13H23NO. The molecule has 1 unspecified atom stereocenters. The van der Waals surface area contributed by atoms with Gasteiger partial charge in [0.2, 0.25) is 5.91 Å². The molecule has 0 N–H and O–H groups in total. The Labute approximate surface area is 93.0 Å². The molecule has 86 valence electrons. The molecule has 0 radical (unpaired) electrons. The standard InChI is InChI=1S/C13H23NO/c1-9(2)11(4)12(15)14-8-13(5-6-13)7-10(14)3/h9-11H,5-8H2,1-4H3/t10-,11?/m1/s1. The van der Waals surface area contributed by atoms with Gasteiger partial charge in [0.05, 0.1) is 0 Å². The number of likely N-dealkylation sites (tertiary alicyclic amines) is 1. The fraction of sp³-hybridized carbons (Fsp3) is 0.923. The Kier molecular flexibility index (Phi) is 2.56. The maximum absolute atomic E-state index is 12.2. The molecule has 1 aliphatic carbocycles. The molecule has 2 fully saturated rings. The zero-order valence-electron chi connectivity index (χ0n) is 10.4. The lowest BCUT2D eigenvalue weighted by Gasteiger charge is -2.26. The van der Waals surface area contributed by atoms with Crippen molar-refractivity contribution >= 4 is 5.91 Å². The molecule has 0 aromatic heterocycles. The molecular weight excluding hydrogens is 186 g/mol. The van der Waals surface area contributed by atoms with E-state index in [0.717, 1.165) is 6.54 Å². The Morgan fingerprint density at radius 3 is 2.33 bits per heavy atom. The Morgan fingerprint density at radius 2 is 1.93 bits per heavy atom. The van der Waals surface area contributed by atoms with Crippen molar-refractivity contribution in [2.45, 2.75) is 53.0 Å². The normalized spacial score (nSPS) is 29.9. The molecule has 2 rings (SSSR count). The molecule has 2 heteroatoms. The van der Waals surface area contributed by atoms with Crippen LogP contribution in [0.4, 0.5) is 0 Å². The molecule has 1 aliphatic heterocycles. The lowest BCUT2D eigenvalue weighted by molar-refractivity contribution is -0.137. The van der Waals surface area contributed by atoms with Crippen LogP contribution in [-0.4, -0.2) is 23.4 Å². The second-order valence-corrected chi connectivity index (χ2v) is 6.05. The topological polar surface area (TPSA) is 20.3 Å². The second kappa shape index (κ2) is 3.50. The highest BCUT2D eigenvalue weighted by atomic mass is 16.2. The summed E-state index contributed by atoms with van der Waals surface area (Å²) in [7, 11) is 0. The zero-order valence-corrected chi connectivity index (χ0v) is 10.4. The number of amides is 1. The van der Waals surface area contributed by atoms with E-state index >= 15 is 0 Å². The van der Waals surface area contributed by atoms with Crippen molar-refractivity contribution in [1.82, 2.24) is 4.90 Å². The zero-order chi connectivity index (χ0) is 11.2. The maximum Gasteiger partial charge on any atom is 0.225 e. The monoisotopic (exact) mass is 209 g/mol. The molecule has 1 saturated carbocycles. The lowest BCUT2D eigenvalue weighted by atomic mass is 9.96. The van der Waals surface area contributed by atoms with Crippen molar-refractivity contribution in [2.24, 2.45) is 17.3 Å². The molecule has 1 spiro atoms. The summed E-state index contributed by atoms with van der Waals surface area (Å²) in [5.41, 5.74) is 0.547. The SMILES string of the molecule is CC(C)C(C)C(=O)N1CC2(CC2)C[C@H]1C. The molecule has 2 atom stereocenters. The van der Waals surface area contributed by atoms with Gasteiger partial charge in [-0.15, -0.1) is 0 Å². The van der Waals surface area contributed by atoms with E-state index in [4.69, 9.17) is 0 Å². The van der Waals surface area contributed by atoms with Crippen LogP contribution < -0.4 is 0 Å². The Bertz CT molecular complexity index is 268. The van der Waals surface area contributed by atoms with Crippen LogP contribution in [0.2, 0.25) is 0 Å². The maximum atomic E-state index is 12.2. The largest absolute Gasteiger partial charge is 0.339 e. The van der Waals surface area contributed by atoms with Gasteiger partial charge in [0.1, 0.15) is 0 Å². The molecule has 15 heavy (non-hydrogen) atoms. The van der Waals surface area contributed by atoms with E-state index in [-0.39, 0.29) is 5.92 Å². The third kappa shape index (κ3) is 1.91. The molecule has 0 bridgehead atoms. The van der Waals surface area contributed by atoms with E-state index < -0.39 is 0 Å². The summed E-state index contributed by atoms with van der Waals surface area (Å²) in [5.74, 6) is 1.02. The third-order valence-corrected chi connectivity index (χ3v) is 4.40. The Balaban J connectivity index is 2.01. The average Bonchev–Trinajstić information content (AvgIpc) is 2.82. The first-order chi connectivity index (χ1) is 6.95. The summed E-state index contributed by atoms with van der Waals surface area (Å²) in [4.78, 5) is 14.4. The van der Waals surface area contributed by atoms with Gasteiger partial charge in [-0.25, -0.2) is 0 Å². The van der Waals surface area contributed by atoms with Gasteiger partial charge in [-0.2, -0.15) is 0 Å². The number of hydrogen-bond acceptors (Lipinski definition) is 1. The number of nitrogens with zero attached hydrogens (tertiary/aromatic N) is 1. The Morgan fingerprint density at radius 1 is 1.33 bits per heavy atom. The first kappa shape index (κ1) is 11.0. The first-order valence-corrected chi connectivity index (χ1v) is 6.26. The summed E-state index contributed by atoms with van der Waals surface area (Å²) in [5, 5.41) is 0. The fourth-order valence-electron chi connectivity index (χ4n) is 2.70. The minimum atomic E-state index is 0.182. The molecule has 1 heterocycles. The summed E-state index contributed by atoms with van der Waals surface area (Å²) in [6, 6.07) is 0.473. The van der Waals surface area contributed by atoms with E-state index in [2.05, 4.69) is 32.6 Å². The van der Waals surface area contributed by atoms with Crippen LogP contribution in [-0.2, 0) is 4.79 Å². The molecule has 1 amide bonds. The predicted octanol–water partition coefficient (Wildman–Crippen LogP) is 2.68. The van der Waals surface area contributed by atoms with Crippen molar-refractivity contribution in [1.29, 1.82) is 0 Å². The second-order valence-electron chi connectivity index (χ2n) is 6.05. The summed E-state index contributed by atoms with van der Waals surface area (Å²) in [6.07, 6.45) is 3.93. The predicted molar refractivity (Wildman–Crippen MR) is 61.5 cm³/mol. The van der Waals surface area contributed by atoms with Gasteiger partial charge in [0, 0.05) is 18.5 Å². The van der Waals surface area contributed by atoms with Crippen LogP contribution >= 0.6 is 0 Å². The van der Waals surface area contributed by atoms with Crippen LogP contribution in [0.1, 0.15) is 47.0 Å². The Hall–Kier alpha value is -0.530. The number of rotatable bonds is 2. The van der Waals surface area contributed by atoms with Crippen LogP contribution in [0.15, 0.2) is 0 Å². The number of carbonyl (C=O) groups is 1. The van der Waals surface area contributed by atoms with Gasteiger partial charge in [-0.05, 0) is 37.5 Å². The van der Waals surface area contributed by atoms with Crippen molar-refractivity contribution in [3.63, 3.8) is 0 Å². The first-order valence-electron chi connectivity index (χ1n) is 6.26. The summed E-state index contributed by atoms with van der Waals surface area (Å²) >= 11 is 0. The fourth-order valence-corrected chi connectivity index (χ4v) is 2.70. The van der Waals surface area contributed by atoms with Crippen LogP contribution in [0.5, 0.6) is 0 Å². The molecule has 0 aromatic rings. The highest BCUT2D eigenvalue weighted by molar-refractivity contribution is 5.79. The van der Waals surface area contributed by atoms with Gasteiger partial charge in [-0.1, -0.05) is 20.8 Å². The van der Waals surface area contributed by atoms with Crippen molar-refractivity contribution < 1.29 is 4.79 Å². The van der Waals surface area contributed by atoms with E-state index in [1.54, 1.807) is 0 Å². The summed E-state index contributed by atoms with van der Waals surface area (Å²) < 4.78 is 0. The minimum absolute atomic E-state index is 0.182. The molecule has 1 saturated heterocycles. The molecule has 2 aliphatic rings. The number of hydrogen-bond donors (Lipinski definition) is 0. The highest BCUT2D eigenvalue weighted by Crippen LogP contribution is 2.54. The van der Waals surface area contributed by atoms with Crippen molar-refractivity contribution in [3.8, 4) is 0 Å². The molecule has 2 nitrogen and oxygen atoms in total. The van der Waals surface area contributed by atoms with Crippen LogP contribution in [0, 0.1) is 17.3 Å². The van der Waals surface area contributed by atoms with Gasteiger partial charge in [0.25, 0.3) is 0 Å². The van der Waals surface area contributed by atoms with Crippen LogP contribution in [0.3, 0.4) is 0 Å². The minimum Gasteiger partial charge on any atom is -0.339 e.